The van der Waals surface area contributed by atoms with Gasteiger partial charge in [0.25, 0.3) is 0 Å². The van der Waals surface area contributed by atoms with E-state index in [1.54, 1.807) is 18.2 Å². The molecule has 1 unspecified atom stereocenters. The molecule has 1 aliphatic rings. The highest BCUT2D eigenvalue weighted by molar-refractivity contribution is 7.89. The molecule has 0 spiro atoms. The summed E-state index contributed by atoms with van der Waals surface area (Å²) in [6, 6.07) is 6.46. The monoisotopic (exact) mass is 285 g/mol. The van der Waals surface area contributed by atoms with Crippen molar-refractivity contribution in [2.24, 2.45) is 0 Å². The molecule has 1 heterocycles. The first-order valence-corrected chi connectivity index (χ1v) is 7.76. The number of aliphatic hydroxyl groups excluding tert-OH is 1. The molecule has 5 nitrogen and oxygen atoms in total. The quantitative estimate of drug-likeness (QED) is 0.866. The van der Waals surface area contributed by atoms with Gasteiger partial charge in [0.2, 0.25) is 10.0 Å². The van der Waals surface area contributed by atoms with Gasteiger partial charge in [0.1, 0.15) is 0 Å². The molecule has 1 fully saturated rings. The van der Waals surface area contributed by atoms with E-state index in [4.69, 9.17) is 4.74 Å². The summed E-state index contributed by atoms with van der Waals surface area (Å²) >= 11 is 0. The summed E-state index contributed by atoms with van der Waals surface area (Å²) in [4.78, 5) is 0.129. The largest absolute Gasteiger partial charge is 0.392 e. The second-order valence-corrected chi connectivity index (χ2v) is 6.74. The molecule has 0 radical (unpaired) electrons. The summed E-state index contributed by atoms with van der Waals surface area (Å²) in [5, 5.41) is 9.23. The van der Waals surface area contributed by atoms with Gasteiger partial charge in [-0.2, -0.15) is 0 Å². The number of rotatable bonds is 4. The number of sulfonamides is 1. The third-order valence-corrected chi connectivity index (χ3v) is 4.99. The second-order valence-electron chi connectivity index (χ2n) is 5.09. The van der Waals surface area contributed by atoms with Crippen LogP contribution in [0.2, 0.25) is 0 Å². The minimum Gasteiger partial charge on any atom is -0.392 e. The fraction of sp³-hybridized carbons (Fsp3) is 0.538. The number of hydrogen-bond donors (Lipinski definition) is 2. The molecule has 2 rings (SSSR count). The second kappa shape index (κ2) is 5.58. The maximum absolute atomic E-state index is 12.4. The van der Waals surface area contributed by atoms with Crippen molar-refractivity contribution in [2.75, 3.05) is 13.2 Å². The van der Waals surface area contributed by atoms with Crippen molar-refractivity contribution in [3.05, 3.63) is 29.8 Å². The molecular weight excluding hydrogens is 266 g/mol. The topological polar surface area (TPSA) is 75.6 Å². The maximum atomic E-state index is 12.4. The zero-order valence-electron chi connectivity index (χ0n) is 10.9. The number of benzene rings is 1. The zero-order valence-corrected chi connectivity index (χ0v) is 11.7. The normalized spacial score (nSPS) is 24.3. The molecule has 2 N–H and O–H groups in total. The van der Waals surface area contributed by atoms with Crippen LogP contribution in [0, 0.1) is 0 Å². The Morgan fingerprint density at radius 2 is 2.16 bits per heavy atom. The molecule has 0 aromatic heterocycles. The molecule has 6 heteroatoms. The van der Waals surface area contributed by atoms with Crippen LogP contribution in [0.4, 0.5) is 0 Å². The van der Waals surface area contributed by atoms with Gasteiger partial charge < -0.3 is 9.84 Å². The third-order valence-electron chi connectivity index (χ3n) is 3.25. The first-order chi connectivity index (χ1) is 8.97. The van der Waals surface area contributed by atoms with E-state index >= 15 is 0 Å². The van der Waals surface area contributed by atoms with E-state index < -0.39 is 15.6 Å². The Balaban J connectivity index is 2.27. The number of ether oxygens (including phenoxy) is 1. The predicted octanol–water partition coefficient (Wildman–Crippen LogP) is 1.03. The molecule has 0 amide bonds. The van der Waals surface area contributed by atoms with Crippen molar-refractivity contribution < 1.29 is 18.3 Å². The van der Waals surface area contributed by atoms with Crippen molar-refractivity contribution in [1.82, 2.24) is 4.72 Å². The molecule has 1 aromatic rings. The highest BCUT2D eigenvalue weighted by atomic mass is 32.2. The van der Waals surface area contributed by atoms with Crippen LogP contribution in [0.15, 0.2) is 29.2 Å². The van der Waals surface area contributed by atoms with Crippen LogP contribution in [0.5, 0.6) is 0 Å². The summed E-state index contributed by atoms with van der Waals surface area (Å²) in [6.07, 6.45) is 1.58. The SMILES string of the molecule is CC1(NS(=O)(=O)c2ccccc2CO)CCCOC1. The van der Waals surface area contributed by atoms with Gasteiger partial charge in [-0.25, -0.2) is 13.1 Å². The van der Waals surface area contributed by atoms with Crippen LogP contribution in [0.25, 0.3) is 0 Å². The Morgan fingerprint density at radius 3 is 2.79 bits per heavy atom. The Labute approximate surface area is 113 Å². The molecule has 19 heavy (non-hydrogen) atoms. The molecule has 1 saturated heterocycles. The Morgan fingerprint density at radius 1 is 1.42 bits per heavy atom. The molecule has 1 aromatic carbocycles. The van der Waals surface area contributed by atoms with E-state index in [-0.39, 0.29) is 11.5 Å². The minimum absolute atomic E-state index is 0.129. The van der Waals surface area contributed by atoms with E-state index in [2.05, 4.69) is 4.72 Å². The number of nitrogens with one attached hydrogen (secondary N) is 1. The minimum atomic E-state index is -3.65. The first kappa shape index (κ1) is 14.5. The summed E-state index contributed by atoms with van der Waals surface area (Å²) in [5.74, 6) is 0. The lowest BCUT2D eigenvalue weighted by atomic mass is 9.97. The van der Waals surface area contributed by atoms with E-state index in [9.17, 15) is 13.5 Å². The molecular formula is C13H19NO4S. The van der Waals surface area contributed by atoms with Crippen molar-refractivity contribution in [3.63, 3.8) is 0 Å². The van der Waals surface area contributed by atoms with Crippen LogP contribution in [-0.4, -0.2) is 32.3 Å². The van der Waals surface area contributed by atoms with Crippen LogP contribution >= 0.6 is 0 Å². The average Bonchev–Trinajstić information content (AvgIpc) is 2.38. The summed E-state index contributed by atoms with van der Waals surface area (Å²) in [5.41, 5.74) is -0.185. The fourth-order valence-electron chi connectivity index (χ4n) is 2.29. The van der Waals surface area contributed by atoms with Gasteiger partial charge in [0, 0.05) is 6.61 Å². The van der Waals surface area contributed by atoms with E-state index in [0.717, 1.165) is 12.8 Å². The van der Waals surface area contributed by atoms with Gasteiger partial charge in [0.05, 0.1) is 23.6 Å². The maximum Gasteiger partial charge on any atom is 0.241 e. The third kappa shape index (κ3) is 3.33. The van der Waals surface area contributed by atoms with Crippen LogP contribution < -0.4 is 4.72 Å². The number of hydrogen-bond acceptors (Lipinski definition) is 4. The summed E-state index contributed by atoms with van der Waals surface area (Å²) in [7, 11) is -3.65. The van der Waals surface area contributed by atoms with Crippen LogP contribution in [0.3, 0.4) is 0 Å². The Hall–Kier alpha value is -0.950. The van der Waals surface area contributed by atoms with Crippen LogP contribution in [0.1, 0.15) is 25.3 Å². The van der Waals surface area contributed by atoms with Gasteiger partial charge in [-0.05, 0) is 31.4 Å². The van der Waals surface area contributed by atoms with Crippen molar-refractivity contribution in [3.8, 4) is 0 Å². The van der Waals surface area contributed by atoms with Crippen molar-refractivity contribution >= 4 is 10.0 Å². The molecule has 0 bridgehead atoms. The average molecular weight is 285 g/mol. The number of aliphatic hydroxyl groups is 1. The molecule has 1 aliphatic heterocycles. The first-order valence-electron chi connectivity index (χ1n) is 6.27. The standard InChI is InChI=1S/C13H19NO4S/c1-13(7-4-8-18-10-13)14-19(16,17)12-6-3-2-5-11(12)9-15/h2-3,5-6,14-15H,4,7-10H2,1H3. The van der Waals surface area contributed by atoms with Crippen LogP contribution in [-0.2, 0) is 21.4 Å². The summed E-state index contributed by atoms with van der Waals surface area (Å²) < 4.78 is 32.9. The smallest absolute Gasteiger partial charge is 0.241 e. The van der Waals surface area contributed by atoms with E-state index in [0.29, 0.717) is 18.8 Å². The van der Waals surface area contributed by atoms with Crippen molar-refractivity contribution in [2.45, 2.75) is 36.8 Å². The van der Waals surface area contributed by atoms with Crippen molar-refractivity contribution in [1.29, 1.82) is 0 Å². The molecule has 106 valence electrons. The van der Waals surface area contributed by atoms with Gasteiger partial charge in [-0.1, -0.05) is 18.2 Å². The van der Waals surface area contributed by atoms with Gasteiger partial charge in [0.15, 0.2) is 0 Å². The lowest BCUT2D eigenvalue weighted by Crippen LogP contribution is -2.51. The summed E-state index contributed by atoms with van der Waals surface area (Å²) in [6.45, 7) is 2.58. The predicted molar refractivity (Wildman–Crippen MR) is 71.1 cm³/mol. The van der Waals surface area contributed by atoms with Gasteiger partial charge in [-0.3, -0.25) is 0 Å². The Bertz CT molecular complexity index is 535. The van der Waals surface area contributed by atoms with E-state index in [1.165, 1.54) is 6.07 Å². The van der Waals surface area contributed by atoms with Gasteiger partial charge in [-0.15, -0.1) is 0 Å². The molecule has 0 saturated carbocycles. The zero-order chi connectivity index (χ0) is 13.9. The Kier molecular flexibility index (Phi) is 4.25. The lowest BCUT2D eigenvalue weighted by Gasteiger charge is -2.34. The van der Waals surface area contributed by atoms with Gasteiger partial charge >= 0.3 is 0 Å². The molecule has 1 atom stereocenters. The molecule has 0 aliphatic carbocycles. The lowest BCUT2D eigenvalue weighted by molar-refractivity contribution is 0.0386. The van der Waals surface area contributed by atoms with E-state index in [1.807, 2.05) is 6.92 Å². The highest BCUT2D eigenvalue weighted by Gasteiger charge is 2.33. The highest BCUT2D eigenvalue weighted by Crippen LogP contribution is 2.23. The fourth-order valence-corrected chi connectivity index (χ4v) is 3.95.